The van der Waals surface area contributed by atoms with Crippen LogP contribution in [-0.2, 0) is 4.79 Å². The van der Waals surface area contributed by atoms with Gasteiger partial charge in [0, 0.05) is 32.0 Å². The predicted molar refractivity (Wildman–Crippen MR) is 80.6 cm³/mol. The van der Waals surface area contributed by atoms with Gasteiger partial charge in [-0.25, -0.2) is 0 Å². The summed E-state index contributed by atoms with van der Waals surface area (Å²) in [6, 6.07) is 5.06. The molecule has 0 saturated heterocycles. The number of nitrogens with two attached hydrogens (primary N) is 2. The van der Waals surface area contributed by atoms with Crippen LogP contribution in [0.3, 0.4) is 0 Å². The monoisotopic (exact) mass is 278 g/mol. The highest BCUT2D eigenvalue weighted by Gasteiger charge is 2.15. The van der Waals surface area contributed by atoms with Gasteiger partial charge in [-0.1, -0.05) is 6.92 Å². The van der Waals surface area contributed by atoms with Gasteiger partial charge >= 0.3 is 0 Å². The number of nitrogen functional groups attached to an aromatic ring is 1. The third-order valence-corrected chi connectivity index (χ3v) is 2.99. The van der Waals surface area contributed by atoms with Gasteiger partial charge in [0.05, 0.1) is 12.1 Å². The molecule has 1 rings (SSSR count). The second-order valence-electron chi connectivity index (χ2n) is 4.85. The molecule has 6 nitrogen and oxygen atoms in total. The molecule has 4 N–H and O–H groups in total. The molecule has 0 aliphatic rings. The number of likely N-dealkylation sites (N-methyl/N-ethyl adjacent to an activating group) is 1. The van der Waals surface area contributed by atoms with Crippen molar-refractivity contribution >= 4 is 23.2 Å². The molecule has 0 bridgehead atoms. The van der Waals surface area contributed by atoms with E-state index in [0.717, 1.165) is 12.1 Å². The van der Waals surface area contributed by atoms with Crippen LogP contribution in [0.5, 0.6) is 0 Å². The van der Waals surface area contributed by atoms with E-state index in [4.69, 9.17) is 11.5 Å². The van der Waals surface area contributed by atoms with Crippen LogP contribution in [0.2, 0.25) is 0 Å². The number of amides is 2. The number of rotatable bonds is 6. The molecule has 6 heteroatoms. The SMILES string of the molecule is CCCN(CC(=O)N(C)C)c1ccc(N)c(C(N)=O)c1. The molecular formula is C14H22N4O2. The smallest absolute Gasteiger partial charge is 0.250 e. The average Bonchev–Trinajstić information content (AvgIpc) is 2.38. The molecule has 1 aromatic carbocycles. The third-order valence-electron chi connectivity index (χ3n) is 2.99. The maximum absolute atomic E-state index is 11.9. The van der Waals surface area contributed by atoms with E-state index in [1.807, 2.05) is 11.8 Å². The summed E-state index contributed by atoms with van der Waals surface area (Å²) in [7, 11) is 3.43. The molecule has 0 saturated carbocycles. The number of primary amides is 1. The largest absolute Gasteiger partial charge is 0.398 e. The summed E-state index contributed by atoms with van der Waals surface area (Å²) in [6.45, 7) is 2.99. The molecule has 0 spiro atoms. The van der Waals surface area contributed by atoms with E-state index in [2.05, 4.69) is 0 Å². The van der Waals surface area contributed by atoms with Crippen molar-refractivity contribution in [3.63, 3.8) is 0 Å². The highest BCUT2D eigenvalue weighted by Crippen LogP contribution is 2.21. The Balaban J connectivity index is 3.05. The first-order chi connectivity index (χ1) is 9.36. The molecule has 1 aromatic rings. The number of hydrogen-bond acceptors (Lipinski definition) is 4. The molecule has 20 heavy (non-hydrogen) atoms. The van der Waals surface area contributed by atoms with Crippen molar-refractivity contribution in [1.82, 2.24) is 4.90 Å². The standard InChI is InChI=1S/C14H22N4O2/c1-4-7-18(9-13(19)17(2)3)10-5-6-12(15)11(8-10)14(16)20/h5-6,8H,4,7,9,15H2,1-3H3,(H2,16,20). The highest BCUT2D eigenvalue weighted by atomic mass is 16.2. The maximum Gasteiger partial charge on any atom is 0.250 e. The van der Waals surface area contributed by atoms with Crippen LogP contribution in [-0.4, -0.2) is 43.9 Å². The first kappa shape index (κ1) is 15.8. The molecule has 0 heterocycles. The summed E-state index contributed by atoms with van der Waals surface area (Å²) in [5.41, 5.74) is 12.4. The number of nitrogens with zero attached hydrogens (tertiary/aromatic N) is 2. The molecule has 0 unspecified atom stereocenters. The lowest BCUT2D eigenvalue weighted by molar-refractivity contribution is -0.127. The van der Waals surface area contributed by atoms with Gasteiger partial charge in [-0.15, -0.1) is 0 Å². The lowest BCUT2D eigenvalue weighted by Crippen LogP contribution is -2.37. The normalized spacial score (nSPS) is 10.2. The second-order valence-corrected chi connectivity index (χ2v) is 4.85. The van der Waals surface area contributed by atoms with Crippen LogP contribution in [0.1, 0.15) is 23.7 Å². The van der Waals surface area contributed by atoms with Crippen molar-refractivity contribution in [1.29, 1.82) is 0 Å². The van der Waals surface area contributed by atoms with Crippen LogP contribution >= 0.6 is 0 Å². The first-order valence-electron chi connectivity index (χ1n) is 6.51. The number of hydrogen-bond donors (Lipinski definition) is 2. The van der Waals surface area contributed by atoms with Gasteiger partial charge in [-0.2, -0.15) is 0 Å². The zero-order chi connectivity index (χ0) is 15.3. The Morgan fingerprint density at radius 3 is 2.40 bits per heavy atom. The van der Waals surface area contributed by atoms with Crippen molar-refractivity contribution in [3.8, 4) is 0 Å². The van der Waals surface area contributed by atoms with Crippen LogP contribution in [0.25, 0.3) is 0 Å². The average molecular weight is 278 g/mol. The molecule has 0 aromatic heterocycles. The lowest BCUT2D eigenvalue weighted by atomic mass is 10.1. The molecule has 0 radical (unpaired) electrons. The number of anilines is 2. The van der Waals surface area contributed by atoms with Gasteiger partial charge in [-0.3, -0.25) is 9.59 Å². The van der Waals surface area contributed by atoms with Gasteiger partial charge in [-0.05, 0) is 24.6 Å². The van der Waals surface area contributed by atoms with E-state index in [1.54, 1.807) is 32.3 Å². The maximum atomic E-state index is 11.9. The van der Waals surface area contributed by atoms with Crippen molar-refractivity contribution in [3.05, 3.63) is 23.8 Å². The zero-order valence-corrected chi connectivity index (χ0v) is 12.2. The lowest BCUT2D eigenvalue weighted by Gasteiger charge is -2.25. The van der Waals surface area contributed by atoms with Gasteiger partial charge in [0.1, 0.15) is 0 Å². The first-order valence-corrected chi connectivity index (χ1v) is 6.51. The van der Waals surface area contributed by atoms with Gasteiger partial charge in [0.15, 0.2) is 0 Å². The van der Waals surface area contributed by atoms with Gasteiger partial charge < -0.3 is 21.3 Å². The molecule has 2 amide bonds. The van der Waals surface area contributed by atoms with Crippen molar-refractivity contribution in [2.24, 2.45) is 5.73 Å². The predicted octanol–water partition coefficient (Wildman–Crippen LogP) is 0.672. The summed E-state index contributed by atoms with van der Waals surface area (Å²) < 4.78 is 0. The van der Waals surface area contributed by atoms with E-state index in [9.17, 15) is 9.59 Å². The minimum Gasteiger partial charge on any atom is -0.398 e. The number of carbonyl (C=O) groups excluding carboxylic acids is 2. The van der Waals surface area contributed by atoms with Crippen molar-refractivity contribution < 1.29 is 9.59 Å². The van der Waals surface area contributed by atoms with E-state index in [0.29, 0.717) is 12.2 Å². The topological polar surface area (TPSA) is 92.7 Å². The Labute approximate surface area is 119 Å². The summed E-state index contributed by atoms with van der Waals surface area (Å²) >= 11 is 0. The summed E-state index contributed by atoms with van der Waals surface area (Å²) in [6.07, 6.45) is 0.886. The summed E-state index contributed by atoms with van der Waals surface area (Å²) in [5, 5.41) is 0. The molecule has 0 fully saturated rings. The third kappa shape index (κ3) is 3.88. The van der Waals surface area contributed by atoms with E-state index in [-0.39, 0.29) is 18.0 Å². The Bertz CT molecular complexity index is 500. The minimum atomic E-state index is -0.570. The molecule has 0 atom stereocenters. The van der Waals surface area contributed by atoms with E-state index < -0.39 is 5.91 Å². The van der Waals surface area contributed by atoms with Crippen LogP contribution in [0, 0.1) is 0 Å². The summed E-state index contributed by atoms with van der Waals surface area (Å²) in [4.78, 5) is 26.6. The van der Waals surface area contributed by atoms with Gasteiger partial charge in [0.25, 0.3) is 5.91 Å². The minimum absolute atomic E-state index is 0.00380. The van der Waals surface area contributed by atoms with Crippen LogP contribution in [0.15, 0.2) is 18.2 Å². The van der Waals surface area contributed by atoms with Crippen LogP contribution in [0.4, 0.5) is 11.4 Å². The second kappa shape index (κ2) is 6.79. The van der Waals surface area contributed by atoms with Crippen molar-refractivity contribution in [2.75, 3.05) is 37.8 Å². The molecule has 110 valence electrons. The Morgan fingerprint density at radius 1 is 1.25 bits per heavy atom. The molecule has 0 aliphatic heterocycles. The van der Waals surface area contributed by atoms with Crippen molar-refractivity contribution in [2.45, 2.75) is 13.3 Å². The fraction of sp³-hybridized carbons (Fsp3) is 0.429. The number of carbonyl (C=O) groups is 2. The Hall–Kier alpha value is -2.24. The molecular weight excluding hydrogens is 256 g/mol. The fourth-order valence-corrected chi connectivity index (χ4v) is 1.83. The van der Waals surface area contributed by atoms with Crippen LogP contribution < -0.4 is 16.4 Å². The Morgan fingerprint density at radius 2 is 1.90 bits per heavy atom. The Kier molecular flexibility index (Phi) is 5.37. The van der Waals surface area contributed by atoms with E-state index in [1.165, 1.54) is 4.90 Å². The quantitative estimate of drug-likeness (QED) is 0.748. The highest BCUT2D eigenvalue weighted by molar-refractivity contribution is 5.99. The van der Waals surface area contributed by atoms with Gasteiger partial charge in [0.2, 0.25) is 5.91 Å². The zero-order valence-electron chi connectivity index (χ0n) is 12.2. The molecule has 0 aliphatic carbocycles. The number of benzene rings is 1. The summed E-state index contributed by atoms with van der Waals surface area (Å²) in [5.74, 6) is -0.573. The van der Waals surface area contributed by atoms with E-state index >= 15 is 0 Å². The fourth-order valence-electron chi connectivity index (χ4n) is 1.83.